The summed E-state index contributed by atoms with van der Waals surface area (Å²) < 4.78 is 10.2. The molecule has 0 fully saturated rings. The first-order valence-corrected chi connectivity index (χ1v) is 7.01. The Morgan fingerprint density at radius 1 is 0.957 bits per heavy atom. The van der Waals surface area contributed by atoms with Gasteiger partial charge in [0.2, 0.25) is 0 Å². The van der Waals surface area contributed by atoms with Crippen molar-refractivity contribution in [1.82, 2.24) is 0 Å². The Hall–Kier alpha value is -2.73. The van der Waals surface area contributed by atoms with Crippen LogP contribution in [0.2, 0.25) is 5.02 Å². The first kappa shape index (κ1) is 16.6. The number of hydrogen-bond acceptors (Lipinski definition) is 4. The summed E-state index contributed by atoms with van der Waals surface area (Å²) in [6.45, 7) is 0. The number of carbonyl (C=O) groups is 2. The molecular weight excluding hydrogens is 320 g/mol. The van der Waals surface area contributed by atoms with E-state index in [-0.39, 0.29) is 0 Å². The van der Waals surface area contributed by atoms with Crippen molar-refractivity contribution in [2.24, 2.45) is 0 Å². The Morgan fingerprint density at radius 3 is 2.35 bits per heavy atom. The van der Waals surface area contributed by atoms with Crippen molar-refractivity contribution in [2.45, 2.75) is 0 Å². The van der Waals surface area contributed by atoms with E-state index in [1.807, 2.05) is 0 Å². The summed E-state index contributed by atoms with van der Waals surface area (Å²) in [4.78, 5) is 23.9. The zero-order chi connectivity index (χ0) is 16.8. The predicted octanol–water partition coefficient (Wildman–Crippen LogP) is 2.93. The summed E-state index contributed by atoms with van der Waals surface area (Å²) in [5.41, 5.74) is 0.791. The molecule has 2 rings (SSSR count). The van der Waals surface area contributed by atoms with Crippen molar-refractivity contribution in [3.05, 3.63) is 47.5 Å². The van der Waals surface area contributed by atoms with Gasteiger partial charge in [-0.25, -0.2) is 0 Å². The fraction of sp³-hybridized carbons (Fsp3) is 0.125. The molecule has 2 aromatic rings. The number of nitrogens with one attached hydrogen (secondary N) is 2. The molecule has 0 aliphatic heterocycles. The van der Waals surface area contributed by atoms with Crippen LogP contribution in [0.25, 0.3) is 0 Å². The van der Waals surface area contributed by atoms with E-state index in [1.165, 1.54) is 14.2 Å². The van der Waals surface area contributed by atoms with Crippen LogP contribution in [0, 0.1) is 0 Å². The minimum atomic E-state index is -0.826. The monoisotopic (exact) mass is 334 g/mol. The number of carbonyl (C=O) groups excluding carboxylic acids is 2. The highest BCUT2D eigenvalue weighted by molar-refractivity contribution is 6.44. The van der Waals surface area contributed by atoms with Crippen LogP contribution in [0.15, 0.2) is 42.5 Å². The highest BCUT2D eigenvalue weighted by atomic mass is 35.5. The fourth-order valence-electron chi connectivity index (χ4n) is 1.83. The van der Waals surface area contributed by atoms with Crippen LogP contribution in [-0.4, -0.2) is 26.0 Å². The van der Waals surface area contributed by atoms with Crippen LogP contribution >= 0.6 is 11.6 Å². The maximum atomic E-state index is 12.0. The average Bonchev–Trinajstić information content (AvgIpc) is 2.55. The zero-order valence-corrected chi connectivity index (χ0v) is 13.3. The Balaban J connectivity index is 2.08. The van der Waals surface area contributed by atoms with E-state index in [0.717, 1.165) is 0 Å². The summed E-state index contributed by atoms with van der Waals surface area (Å²) in [6.07, 6.45) is 0. The van der Waals surface area contributed by atoms with Crippen molar-refractivity contribution in [2.75, 3.05) is 24.9 Å². The van der Waals surface area contributed by atoms with Crippen molar-refractivity contribution in [1.29, 1.82) is 0 Å². The number of ether oxygens (including phenoxy) is 2. The van der Waals surface area contributed by atoms with Crippen molar-refractivity contribution < 1.29 is 19.1 Å². The zero-order valence-electron chi connectivity index (χ0n) is 12.6. The number of benzene rings is 2. The van der Waals surface area contributed by atoms with E-state index in [0.29, 0.717) is 27.9 Å². The quantitative estimate of drug-likeness (QED) is 0.843. The molecule has 0 spiro atoms. The molecule has 0 saturated heterocycles. The lowest BCUT2D eigenvalue weighted by molar-refractivity contribution is -0.133. The fourth-order valence-corrected chi connectivity index (χ4v) is 2.03. The molecule has 0 aliphatic carbocycles. The van der Waals surface area contributed by atoms with Crippen molar-refractivity contribution >= 4 is 34.8 Å². The van der Waals surface area contributed by atoms with Crippen LogP contribution in [0.5, 0.6) is 11.5 Å². The number of anilines is 2. The van der Waals surface area contributed by atoms with E-state index in [4.69, 9.17) is 21.1 Å². The lowest BCUT2D eigenvalue weighted by atomic mass is 10.2. The molecule has 2 amide bonds. The molecule has 0 saturated carbocycles. The molecular formula is C16H15ClN2O4. The van der Waals surface area contributed by atoms with Gasteiger partial charge in [-0.05, 0) is 30.3 Å². The van der Waals surface area contributed by atoms with Gasteiger partial charge >= 0.3 is 11.8 Å². The Kier molecular flexibility index (Phi) is 5.43. The lowest BCUT2D eigenvalue weighted by Gasteiger charge is -2.11. The molecule has 2 aromatic carbocycles. The number of methoxy groups -OCH3 is 2. The molecule has 23 heavy (non-hydrogen) atoms. The van der Waals surface area contributed by atoms with Crippen LogP contribution in [0.1, 0.15) is 0 Å². The van der Waals surface area contributed by atoms with Gasteiger partial charge in [0.05, 0.1) is 19.9 Å². The summed E-state index contributed by atoms with van der Waals surface area (Å²) in [6, 6.07) is 11.3. The minimum Gasteiger partial charge on any atom is -0.497 e. The van der Waals surface area contributed by atoms with Gasteiger partial charge in [-0.15, -0.1) is 0 Å². The average molecular weight is 335 g/mol. The van der Waals surface area contributed by atoms with Gasteiger partial charge < -0.3 is 20.1 Å². The molecule has 0 bridgehead atoms. The Labute approximate surface area is 138 Å². The first-order valence-electron chi connectivity index (χ1n) is 6.63. The highest BCUT2D eigenvalue weighted by Crippen LogP contribution is 2.29. The number of halogens is 1. The van der Waals surface area contributed by atoms with E-state index in [2.05, 4.69) is 10.6 Å². The molecule has 0 aliphatic rings. The van der Waals surface area contributed by atoms with E-state index in [9.17, 15) is 9.59 Å². The molecule has 0 unspecified atom stereocenters. The Morgan fingerprint density at radius 2 is 1.70 bits per heavy atom. The van der Waals surface area contributed by atoms with E-state index >= 15 is 0 Å². The number of amides is 2. The SMILES string of the molecule is COc1ccc(NC(=O)C(=O)Nc2cccc(Cl)c2)c(OC)c1. The number of rotatable bonds is 4. The number of hydrogen-bond donors (Lipinski definition) is 2. The van der Waals surface area contributed by atoms with Crippen LogP contribution in [0.3, 0.4) is 0 Å². The molecule has 0 heterocycles. The van der Waals surface area contributed by atoms with Crippen LogP contribution < -0.4 is 20.1 Å². The maximum absolute atomic E-state index is 12.0. The van der Waals surface area contributed by atoms with Gasteiger partial charge in [0.1, 0.15) is 11.5 Å². The predicted molar refractivity (Wildman–Crippen MR) is 88.3 cm³/mol. The maximum Gasteiger partial charge on any atom is 0.314 e. The third-order valence-electron chi connectivity index (χ3n) is 2.95. The Bertz CT molecular complexity index is 734. The third-order valence-corrected chi connectivity index (χ3v) is 3.18. The second-order valence-electron chi connectivity index (χ2n) is 4.48. The van der Waals surface area contributed by atoms with Gasteiger partial charge in [0.25, 0.3) is 0 Å². The van der Waals surface area contributed by atoms with Gasteiger partial charge in [-0.3, -0.25) is 9.59 Å². The van der Waals surface area contributed by atoms with Gasteiger partial charge in [-0.1, -0.05) is 17.7 Å². The van der Waals surface area contributed by atoms with Gasteiger partial charge in [-0.2, -0.15) is 0 Å². The summed E-state index contributed by atoms with van der Waals surface area (Å²) >= 11 is 5.83. The second kappa shape index (κ2) is 7.51. The minimum absolute atomic E-state index is 0.361. The smallest absolute Gasteiger partial charge is 0.314 e. The van der Waals surface area contributed by atoms with Gasteiger partial charge in [0, 0.05) is 16.8 Å². The second-order valence-corrected chi connectivity index (χ2v) is 4.92. The molecule has 6 nitrogen and oxygen atoms in total. The molecule has 0 atom stereocenters. The first-order chi connectivity index (χ1) is 11.0. The molecule has 120 valence electrons. The third kappa shape index (κ3) is 4.37. The van der Waals surface area contributed by atoms with Crippen molar-refractivity contribution in [3.8, 4) is 11.5 Å². The van der Waals surface area contributed by atoms with Crippen molar-refractivity contribution in [3.63, 3.8) is 0 Å². The summed E-state index contributed by atoms with van der Waals surface area (Å²) in [5.74, 6) is -0.685. The van der Waals surface area contributed by atoms with Crippen LogP contribution in [-0.2, 0) is 9.59 Å². The van der Waals surface area contributed by atoms with Crippen LogP contribution in [0.4, 0.5) is 11.4 Å². The topological polar surface area (TPSA) is 76.7 Å². The summed E-state index contributed by atoms with van der Waals surface area (Å²) in [5, 5.41) is 5.40. The lowest BCUT2D eigenvalue weighted by Crippen LogP contribution is -2.29. The molecule has 2 N–H and O–H groups in total. The standard InChI is InChI=1S/C16H15ClN2O4/c1-22-12-6-7-13(14(9-12)23-2)19-16(21)15(20)18-11-5-3-4-10(17)8-11/h3-9H,1-2H3,(H,18,20)(H,19,21). The molecule has 0 aromatic heterocycles. The molecule has 0 radical (unpaired) electrons. The highest BCUT2D eigenvalue weighted by Gasteiger charge is 2.16. The van der Waals surface area contributed by atoms with Gasteiger partial charge in [0.15, 0.2) is 0 Å². The summed E-state index contributed by atoms with van der Waals surface area (Å²) in [7, 11) is 2.97. The van der Waals surface area contributed by atoms with E-state index < -0.39 is 11.8 Å². The molecule has 7 heteroatoms. The largest absolute Gasteiger partial charge is 0.497 e. The normalized spacial score (nSPS) is 9.87. The van der Waals surface area contributed by atoms with E-state index in [1.54, 1.807) is 42.5 Å².